The van der Waals surface area contributed by atoms with Gasteiger partial charge in [-0.1, -0.05) is 13.3 Å². The first-order valence-electron chi connectivity index (χ1n) is 8.85. The Hall–Kier alpha value is -0.610. The highest BCUT2D eigenvalue weighted by molar-refractivity contribution is 5.83. The lowest BCUT2D eigenvalue weighted by molar-refractivity contribution is -0.130. The lowest BCUT2D eigenvalue weighted by atomic mass is 9.81. The summed E-state index contributed by atoms with van der Waals surface area (Å²) in [4.78, 5) is 15.2. The third-order valence-electron chi connectivity index (χ3n) is 6.20. The highest BCUT2D eigenvalue weighted by Crippen LogP contribution is 2.37. The molecule has 3 saturated heterocycles. The Balaban J connectivity index is 1.52. The van der Waals surface area contributed by atoms with Crippen molar-refractivity contribution in [1.29, 1.82) is 0 Å². The van der Waals surface area contributed by atoms with Crippen LogP contribution < -0.4 is 10.6 Å². The summed E-state index contributed by atoms with van der Waals surface area (Å²) in [6.45, 7) is 4.93. The number of rotatable bonds is 5. The van der Waals surface area contributed by atoms with Crippen LogP contribution in [0.5, 0.6) is 0 Å². The van der Waals surface area contributed by atoms with Gasteiger partial charge in [-0.05, 0) is 58.0 Å². The van der Waals surface area contributed by atoms with Crippen LogP contribution in [0, 0.1) is 11.3 Å². The van der Waals surface area contributed by atoms with Gasteiger partial charge < -0.3 is 15.5 Å². The van der Waals surface area contributed by atoms with Gasteiger partial charge in [0.05, 0.1) is 5.41 Å². The molecule has 0 saturated carbocycles. The second-order valence-corrected chi connectivity index (χ2v) is 7.56. The molecule has 0 radical (unpaired) electrons. The standard InChI is InChI=1S/C17H31N3O/c1-3-6-17(7-8-18-12-17)16(21)19-11-13-9-14-4-5-15(10-13)20(14)2/h13-15,18H,3-12H2,1-2H3,(H,19,21). The summed E-state index contributed by atoms with van der Waals surface area (Å²) in [6.07, 6.45) is 8.37. The zero-order valence-electron chi connectivity index (χ0n) is 13.7. The molecular weight excluding hydrogens is 262 g/mol. The van der Waals surface area contributed by atoms with Crippen molar-refractivity contribution in [3.8, 4) is 0 Å². The van der Waals surface area contributed by atoms with E-state index < -0.39 is 0 Å². The lowest BCUT2D eigenvalue weighted by Crippen LogP contribution is -2.47. The first-order chi connectivity index (χ1) is 10.1. The fourth-order valence-corrected chi connectivity index (χ4v) is 4.86. The van der Waals surface area contributed by atoms with Crippen LogP contribution in [0.2, 0.25) is 0 Å². The van der Waals surface area contributed by atoms with E-state index in [4.69, 9.17) is 0 Å². The van der Waals surface area contributed by atoms with Crippen LogP contribution in [0.1, 0.15) is 51.9 Å². The van der Waals surface area contributed by atoms with E-state index in [2.05, 4.69) is 29.5 Å². The summed E-state index contributed by atoms with van der Waals surface area (Å²) < 4.78 is 0. The number of piperidine rings is 1. The fourth-order valence-electron chi connectivity index (χ4n) is 4.86. The molecule has 0 spiro atoms. The zero-order chi connectivity index (χ0) is 14.9. The van der Waals surface area contributed by atoms with Gasteiger partial charge >= 0.3 is 0 Å². The Bertz CT molecular complexity index is 364. The maximum atomic E-state index is 12.7. The number of amides is 1. The van der Waals surface area contributed by atoms with Crippen LogP contribution in [0.3, 0.4) is 0 Å². The summed E-state index contributed by atoms with van der Waals surface area (Å²) in [5.74, 6) is 0.997. The monoisotopic (exact) mass is 293 g/mol. The van der Waals surface area contributed by atoms with Crippen LogP contribution in [-0.2, 0) is 4.79 Å². The molecule has 3 atom stereocenters. The van der Waals surface area contributed by atoms with Crippen molar-refractivity contribution in [3.63, 3.8) is 0 Å². The van der Waals surface area contributed by atoms with Crippen molar-refractivity contribution in [2.75, 3.05) is 26.7 Å². The Kier molecular flexibility index (Phi) is 4.55. The normalized spacial score (nSPS) is 39.6. The molecule has 0 aromatic carbocycles. The minimum atomic E-state index is -0.126. The van der Waals surface area contributed by atoms with Gasteiger partial charge in [-0.3, -0.25) is 4.79 Å². The summed E-state index contributed by atoms with van der Waals surface area (Å²) in [5.41, 5.74) is -0.126. The van der Waals surface area contributed by atoms with Crippen LogP contribution in [0.15, 0.2) is 0 Å². The SMILES string of the molecule is CCCC1(C(=O)NCC2CC3CCC(C2)N3C)CCNC1. The van der Waals surface area contributed by atoms with Crippen molar-refractivity contribution in [3.05, 3.63) is 0 Å². The summed E-state index contributed by atoms with van der Waals surface area (Å²) >= 11 is 0. The van der Waals surface area contributed by atoms with Crippen molar-refractivity contribution in [2.24, 2.45) is 11.3 Å². The molecule has 120 valence electrons. The number of nitrogens with one attached hydrogen (secondary N) is 2. The Morgan fingerprint density at radius 3 is 2.62 bits per heavy atom. The fraction of sp³-hybridized carbons (Fsp3) is 0.941. The largest absolute Gasteiger partial charge is 0.355 e. The van der Waals surface area contributed by atoms with Gasteiger partial charge in [0, 0.05) is 25.2 Å². The first-order valence-corrected chi connectivity index (χ1v) is 8.85. The smallest absolute Gasteiger partial charge is 0.227 e. The quantitative estimate of drug-likeness (QED) is 0.812. The summed E-state index contributed by atoms with van der Waals surface area (Å²) in [5, 5.41) is 6.69. The minimum Gasteiger partial charge on any atom is -0.355 e. The molecule has 21 heavy (non-hydrogen) atoms. The van der Waals surface area contributed by atoms with E-state index in [1.807, 2.05) is 0 Å². The van der Waals surface area contributed by atoms with Crippen LogP contribution in [-0.4, -0.2) is 49.6 Å². The highest BCUT2D eigenvalue weighted by Gasteiger charge is 2.42. The van der Waals surface area contributed by atoms with Crippen molar-refractivity contribution in [2.45, 2.75) is 64.0 Å². The summed E-state index contributed by atoms with van der Waals surface area (Å²) in [7, 11) is 2.28. The highest BCUT2D eigenvalue weighted by atomic mass is 16.2. The van der Waals surface area contributed by atoms with Gasteiger partial charge in [0.25, 0.3) is 0 Å². The molecular formula is C17H31N3O. The molecule has 0 aliphatic carbocycles. The number of fused-ring (bicyclic) bond motifs is 2. The number of hydrogen-bond acceptors (Lipinski definition) is 3. The van der Waals surface area contributed by atoms with Gasteiger partial charge in [-0.15, -0.1) is 0 Å². The van der Waals surface area contributed by atoms with Crippen molar-refractivity contribution >= 4 is 5.91 Å². The van der Waals surface area contributed by atoms with Crippen molar-refractivity contribution in [1.82, 2.24) is 15.5 Å². The molecule has 3 aliphatic heterocycles. The number of carbonyl (C=O) groups excluding carboxylic acids is 1. The van der Waals surface area contributed by atoms with E-state index in [0.29, 0.717) is 11.8 Å². The van der Waals surface area contributed by atoms with Gasteiger partial charge in [0.2, 0.25) is 5.91 Å². The van der Waals surface area contributed by atoms with Gasteiger partial charge in [-0.25, -0.2) is 0 Å². The Morgan fingerprint density at radius 1 is 1.33 bits per heavy atom. The van der Waals surface area contributed by atoms with Crippen LogP contribution in [0.25, 0.3) is 0 Å². The topological polar surface area (TPSA) is 44.4 Å². The number of hydrogen-bond donors (Lipinski definition) is 2. The molecule has 2 bridgehead atoms. The molecule has 1 amide bonds. The maximum Gasteiger partial charge on any atom is 0.227 e. The molecule has 2 N–H and O–H groups in total. The van der Waals surface area contributed by atoms with E-state index in [1.165, 1.54) is 25.7 Å². The van der Waals surface area contributed by atoms with Crippen molar-refractivity contribution < 1.29 is 4.79 Å². The molecule has 3 fully saturated rings. The predicted octanol–water partition coefficient (Wildman–Crippen LogP) is 1.76. The molecule has 3 unspecified atom stereocenters. The van der Waals surface area contributed by atoms with Gasteiger partial charge in [-0.2, -0.15) is 0 Å². The first kappa shape index (κ1) is 15.3. The molecule has 4 nitrogen and oxygen atoms in total. The van der Waals surface area contributed by atoms with Crippen LogP contribution >= 0.6 is 0 Å². The van der Waals surface area contributed by atoms with E-state index in [0.717, 1.165) is 51.0 Å². The average molecular weight is 293 g/mol. The van der Waals surface area contributed by atoms with Crippen LogP contribution in [0.4, 0.5) is 0 Å². The molecule has 3 rings (SSSR count). The average Bonchev–Trinajstić information content (AvgIpc) is 3.00. The third-order valence-corrected chi connectivity index (χ3v) is 6.20. The lowest BCUT2D eigenvalue weighted by Gasteiger charge is -2.37. The van der Waals surface area contributed by atoms with E-state index in [1.54, 1.807) is 0 Å². The third kappa shape index (κ3) is 2.98. The molecule has 3 heterocycles. The van der Waals surface area contributed by atoms with Gasteiger partial charge in [0.15, 0.2) is 0 Å². The molecule has 0 aromatic heterocycles. The van der Waals surface area contributed by atoms with E-state index in [-0.39, 0.29) is 5.41 Å². The zero-order valence-corrected chi connectivity index (χ0v) is 13.7. The maximum absolute atomic E-state index is 12.7. The molecule has 0 aromatic rings. The van der Waals surface area contributed by atoms with E-state index >= 15 is 0 Å². The number of nitrogens with zero attached hydrogens (tertiary/aromatic N) is 1. The second-order valence-electron chi connectivity index (χ2n) is 7.56. The van der Waals surface area contributed by atoms with Gasteiger partial charge in [0.1, 0.15) is 0 Å². The van der Waals surface area contributed by atoms with E-state index in [9.17, 15) is 4.79 Å². The Labute approximate surface area is 129 Å². The molecule has 4 heteroatoms. The summed E-state index contributed by atoms with van der Waals surface area (Å²) in [6, 6.07) is 1.53. The molecule has 3 aliphatic rings. The second kappa shape index (κ2) is 6.25. The Morgan fingerprint density at radius 2 is 2.05 bits per heavy atom. The predicted molar refractivity (Wildman–Crippen MR) is 85.1 cm³/mol. The minimum absolute atomic E-state index is 0.126. The number of carbonyl (C=O) groups is 1.